The van der Waals surface area contributed by atoms with Crippen molar-refractivity contribution >= 4 is 28.8 Å². The highest BCUT2D eigenvalue weighted by Gasteiger charge is 1.84. The molecule has 9 heavy (non-hydrogen) atoms. The van der Waals surface area contributed by atoms with Gasteiger partial charge in [0.15, 0.2) is 0 Å². The Hall–Kier alpha value is -0.100. The summed E-state index contributed by atoms with van der Waals surface area (Å²) in [5.41, 5.74) is 5.31. The molecule has 0 spiro atoms. The second-order valence-electron chi connectivity index (χ2n) is 1.28. The quantitative estimate of drug-likeness (QED) is 0.151. The lowest BCUT2D eigenvalue weighted by atomic mass is 10.7. The van der Waals surface area contributed by atoms with Gasteiger partial charge < -0.3 is 10.6 Å². The Kier molecular flexibility index (Phi) is 5.96. The molecule has 3 nitrogen and oxygen atoms in total. The minimum Gasteiger partial charge on any atom is -0.392 e. The minimum absolute atomic E-state index is 0.0765. The second kappa shape index (κ2) is 6.03. The van der Waals surface area contributed by atoms with E-state index in [2.05, 4.69) is 16.6 Å². The molecule has 0 aliphatic rings. The lowest BCUT2D eigenvalue weighted by Crippen LogP contribution is -2.11. The molecule has 1 unspecified atom stereocenters. The van der Waals surface area contributed by atoms with Gasteiger partial charge in [0.2, 0.25) is 0 Å². The normalized spacial score (nSPS) is 13.6. The van der Waals surface area contributed by atoms with Crippen molar-refractivity contribution in [2.24, 2.45) is 10.9 Å². The van der Waals surface area contributed by atoms with E-state index < -0.39 is 0 Å². The average molecular weight is 240 g/mol. The maximum atomic E-state index is 5.31. The first kappa shape index (κ1) is 8.90. The third-order valence-electron chi connectivity index (χ3n) is 0.470. The van der Waals surface area contributed by atoms with Crippen LogP contribution in [-0.2, 0) is 4.84 Å². The molecule has 0 amide bonds. The standard InChI is InChI=1S/C5H9IN2O/c1-2-3-9-8-4-5(6)7/h2,4-5H,1,3,7H2. The largest absolute Gasteiger partial charge is 0.392 e. The van der Waals surface area contributed by atoms with Gasteiger partial charge in [-0.1, -0.05) is 40.4 Å². The van der Waals surface area contributed by atoms with Crippen LogP contribution < -0.4 is 5.73 Å². The smallest absolute Gasteiger partial charge is 0.135 e. The molecule has 0 rings (SSSR count). The van der Waals surface area contributed by atoms with Crippen LogP contribution in [0.2, 0.25) is 0 Å². The molecule has 2 N–H and O–H groups in total. The summed E-state index contributed by atoms with van der Waals surface area (Å²) in [5.74, 6) is 0. The number of nitrogens with zero attached hydrogens (tertiary/aromatic N) is 1. The van der Waals surface area contributed by atoms with Gasteiger partial charge in [0.25, 0.3) is 0 Å². The van der Waals surface area contributed by atoms with Crippen molar-refractivity contribution in [3.05, 3.63) is 12.7 Å². The van der Waals surface area contributed by atoms with Gasteiger partial charge in [0, 0.05) is 0 Å². The molecule has 0 bridgehead atoms. The van der Waals surface area contributed by atoms with Gasteiger partial charge in [-0.25, -0.2) is 0 Å². The summed E-state index contributed by atoms with van der Waals surface area (Å²) in [6.07, 6.45) is 3.14. The van der Waals surface area contributed by atoms with Crippen molar-refractivity contribution in [2.75, 3.05) is 6.61 Å². The summed E-state index contributed by atoms with van der Waals surface area (Å²) in [5, 5.41) is 3.53. The fourth-order valence-electron chi connectivity index (χ4n) is 0.197. The summed E-state index contributed by atoms with van der Waals surface area (Å²) >= 11 is 2.02. The Balaban J connectivity index is 3.14. The highest BCUT2D eigenvalue weighted by Crippen LogP contribution is 1.85. The van der Waals surface area contributed by atoms with E-state index in [9.17, 15) is 0 Å². The van der Waals surface area contributed by atoms with Crippen molar-refractivity contribution < 1.29 is 4.84 Å². The fraction of sp³-hybridized carbons (Fsp3) is 0.400. The molecule has 0 fully saturated rings. The van der Waals surface area contributed by atoms with Crippen LogP contribution in [0.3, 0.4) is 0 Å². The van der Waals surface area contributed by atoms with Gasteiger partial charge in [-0.3, -0.25) is 0 Å². The monoisotopic (exact) mass is 240 g/mol. The van der Waals surface area contributed by atoms with E-state index in [4.69, 9.17) is 5.73 Å². The third-order valence-corrected chi connectivity index (χ3v) is 0.792. The molecular weight excluding hydrogens is 231 g/mol. The number of hydrogen-bond donors (Lipinski definition) is 1. The van der Waals surface area contributed by atoms with Crippen molar-refractivity contribution in [1.82, 2.24) is 0 Å². The van der Waals surface area contributed by atoms with E-state index >= 15 is 0 Å². The zero-order chi connectivity index (χ0) is 7.11. The molecule has 0 aromatic heterocycles. The Morgan fingerprint density at radius 1 is 1.89 bits per heavy atom. The van der Waals surface area contributed by atoms with Crippen LogP contribution in [0.1, 0.15) is 0 Å². The number of oxime groups is 1. The van der Waals surface area contributed by atoms with E-state index in [-0.39, 0.29) is 4.05 Å². The van der Waals surface area contributed by atoms with Gasteiger partial charge in [-0.15, -0.1) is 0 Å². The van der Waals surface area contributed by atoms with Crippen LogP contribution in [-0.4, -0.2) is 16.9 Å². The van der Waals surface area contributed by atoms with Gasteiger partial charge in [-0.2, -0.15) is 0 Å². The SMILES string of the molecule is C=CCON=CC(N)I. The first-order valence-electron chi connectivity index (χ1n) is 2.43. The minimum atomic E-state index is -0.0765. The van der Waals surface area contributed by atoms with Gasteiger partial charge in [0.05, 0.1) is 10.3 Å². The van der Waals surface area contributed by atoms with Crippen LogP contribution in [0, 0.1) is 0 Å². The van der Waals surface area contributed by atoms with Gasteiger partial charge in [0.1, 0.15) is 6.61 Å². The van der Waals surface area contributed by atoms with Crippen molar-refractivity contribution in [3.8, 4) is 0 Å². The van der Waals surface area contributed by atoms with Crippen molar-refractivity contribution in [2.45, 2.75) is 4.05 Å². The van der Waals surface area contributed by atoms with Crippen molar-refractivity contribution in [1.29, 1.82) is 0 Å². The highest BCUT2D eigenvalue weighted by molar-refractivity contribution is 14.1. The predicted molar refractivity (Wildman–Crippen MR) is 46.6 cm³/mol. The molecule has 4 heteroatoms. The Morgan fingerprint density at radius 2 is 2.56 bits per heavy atom. The Bertz CT molecular complexity index is 103. The lowest BCUT2D eigenvalue weighted by Gasteiger charge is -1.92. The van der Waals surface area contributed by atoms with Crippen LogP contribution >= 0.6 is 22.6 Å². The second-order valence-corrected chi connectivity index (χ2v) is 2.72. The van der Waals surface area contributed by atoms with E-state index in [0.717, 1.165) is 0 Å². The van der Waals surface area contributed by atoms with Gasteiger partial charge >= 0.3 is 0 Å². The molecule has 0 saturated carbocycles. The number of halogens is 1. The van der Waals surface area contributed by atoms with Crippen molar-refractivity contribution in [3.63, 3.8) is 0 Å². The molecule has 0 aliphatic carbocycles. The van der Waals surface area contributed by atoms with E-state index in [1.165, 1.54) is 6.21 Å². The zero-order valence-electron chi connectivity index (χ0n) is 4.96. The molecule has 0 radical (unpaired) electrons. The van der Waals surface area contributed by atoms with Gasteiger partial charge in [-0.05, 0) is 0 Å². The summed E-state index contributed by atoms with van der Waals surface area (Å²) in [6, 6.07) is 0. The topological polar surface area (TPSA) is 47.6 Å². The summed E-state index contributed by atoms with van der Waals surface area (Å²) in [4.78, 5) is 4.66. The molecule has 0 aliphatic heterocycles. The zero-order valence-corrected chi connectivity index (χ0v) is 7.11. The Labute approximate surface area is 68.1 Å². The summed E-state index contributed by atoms with van der Waals surface area (Å²) in [7, 11) is 0. The number of nitrogens with two attached hydrogens (primary N) is 1. The number of hydrogen-bond acceptors (Lipinski definition) is 3. The lowest BCUT2D eigenvalue weighted by molar-refractivity contribution is 0.176. The molecule has 52 valence electrons. The van der Waals surface area contributed by atoms with E-state index in [0.29, 0.717) is 6.61 Å². The first-order chi connectivity index (χ1) is 4.27. The summed E-state index contributed by atoms with van der Waals surface area (Å²) < 4.78 is -0.0765. The summed E-state index contributed by atoms with van der Waals surface area (Å²) in [6.45, 7) is 3.88. The van der Waals surface area contributed by atoms with E-state index in [1.54, 1.807) is 6.08 Å². The molecular formula is C5H9IN2O. The molecule has 0 aromatic rings. The highest BCUT2D eigenvalue weighted by atomic mass is 127. The van der Waals surface area contributed by atoms with Crippen LogP contribution in [0.4, 0.5) is 0 Å². The van der Waals surface area contributed by atoms with Crippen LogP contribution in [0.15, 0.2) is 17.8 Å². The number of rotatable bonds is 4. The Morgan fingerprint density at radius 3 is 3.00 bits per heavy atom. The molecule has 0 heterocycles. The maximum absolute atomic E-state index is 5.31. The van der Waals surface area contributed by atoms with Crippen LogP contribution in [0.25, 0.3) is 0 Å². The number of alkyl halides is 1. The first-order valence-corrected chi connectivity index (χ1v) is 3.68. The molecule has 0 saturated heterocycles. The molecule has 1 atom stereocenters. The maximum Gasteiger partial charge on any atom is 0.135 e. The third kappa shape index (κ3) is 7.90. The predicted octanol–water partition coefficient (Wildman–Crippen LogP) is 0.895. The van der Waals surface area contributed by atoms with Crippen LogP contribution in [0.5, 0.6) is 0 Å². The average Bonchev–Trinajstić information content (AvgIpc) is 1.80. The fourth-order valence-corrected chi connectivity index (χ4v) is 0.328. The van der Waals surface area contributed by atoms with E-state index in [1.807, 2.05) is 22.6 Å². The molecule has 0 aromatic carbocycles.